The number of hydrogen-bond donors (Lipinski definition) is 0. The largest absolute Gasteiger partial charge is 0.454 e. The molecule has 0 aliphatic carbocycles. The van der Waals surface area contributed by atoms with Crippen molar-refractivity contribution in [1.82, 2.24) is 4.90 Å². The van der Waals surface area contributed by atoms with E-state index in [-0.39, 0.29) is 12.1 Å². The van der Waals surface area contributed by atoms with Gasteiger partial charge in [-0.1, -0.05) is 55.0 Å². The van der Waals surface area contributed by atoms with E-state index in [0.29, 0.717) is 5.56 Å². The predicted octanol–water partition coefficient (Wildman–Crippen LogP) is 4.46. The van der Waals surface area contributed by atoms with Crippen molar-refractivity contribution in [1.29, 1.82) is 0 Å². The van der Waals surface area contributed by atoms with Gasteiger partial charge in [-0.25, -0.2) is 4.79 Å². The Labute approximate surface area is 144 Å². The molecule has 2 aromatic carbocycles. The summed E-state index contributed by atoms with van der Waals surface area (Å²) in [6.45, 7) is 3.30. The zero-order valence-corrected chi connectivity index (χ0v) is 14.1. The van der Waals surface area contributed by atoms with Gasteiger partial charge in [0.05, 0.1) is 5.56 Å². The Hall–Kier alpha value is -2.13. The van der Waals surface area contributed by atoms with Crippen LogP contribution in [-0.4, -0.2) is 30.5 Å². The number of nitrogens with zero attached hydrogens (tertiary/aromatic N) is 1. The van der Waals surface area contributed by atoms with Crippen LogP contribution >= 0.6 is 0 Å². The highest BCUT2D eigenvalue weighted by Crippen LogP contribution is 2.24. The fourth-order valence-corrected chi connectivity index (χ4v) is 3.22. The Balaban J connectivity index is 1.66. The van der Waals surface area contributed by atoms with E-state index in [1.54, 1.807) is 12.1 Å². The van der Waals surface area contributed by atoms with E-state index in [1.165, 1.54) is 19.3 Å². The standard InChI is InChI=1S/C21H25NO2/c23-21(19-12-6-2-7-13-19)24-20(18-10-4-1-5-11-18)14-17-22-15-8-3-9-16-22/h1-2,4-7,10-13,20H,3,8-9,14-17H2/t20-/m0/s1. The van der Waals surface area contributed by atoms with Gasteiger partial charge in [0.25, 0.3) is 0 Å². The minimum atomic E-state index is -0.247. The van der Waals surface area contributed by atoms with Crippen molar-refractivity contribution in [3.05, 3.63) is 71.8 Å². The number of hydrogen-bond acceptors (Lipinski definition) is 3. The van der Waals surface area contributed by atoms with Gasteiger partial charge in [0.1, 0.15) is 6.10 Å². The van der Waals surface area contributed by atoms with E-state index in [4.69, 9.17) is 4.74 Å². The maximum Gasteiger partial charge on any atom is 0.338 e. The normalized spacial score (nSPS) is 16.5. The van der Waals surface area contributed by atoms with Crippen molar-refractivity contribution in [2.45, 2.75) is 31.8 Å². The number of piperidine rings is 1. The molecule has 1 saturated heterocycles. The second kappa shape index (κ2) is 8.65. The highest BCUT2D eigenvalue weighted by Gasteiger charge is 2.20. The lowest BCUT2D eigenvalue weighted by atomic mass is 10.0. The number of ether oxygens (including phenoxy) is 1. The molecule has 2 aromatic rings. The second-order valence-electron chi connectivity index (χ2n) is 6.36. The van der Waals surface area contributed by atoms with Crippen molar-refractivity contribution in [2.75, 3.05) is 19.6 Å². The minimum absolute atomic E-state index is 0.194. The quantitative estimate of drug-likeness (QED) is 0.735. The van der Waals surface area contributed by atoms with Gasteiger partial charge in [-0.05, 0) is 43.6 Å². The molecule has 3 heteroatoms. The van der Waals surface area contributed by atoms with Crippen LogP contribution in [0.2, 0.25) is 0 Å². The summed E-state index contributed by atoms with van der Waals surface area (Å²) >= 11 is 0. The summed E-state index contributed by atoms with van der Waals surface area (Å²) in [5.41, 5.74) is 1.68. The molecule has 1 aliphatic heterocycles. The van der Waals surface area contributed by atoms with Crippen molar-refractivity contribution in [3.63, 3.8) is 0 Å². The van der Waals surface area contributed by atoms with Gasteiger partial charge in [-0.2, -0.15) is 0 Å². The first-order chi connectivity index (χ1) is 11.8. The van der Waals surface area contributed by atoms with Crippen LogP contribution in [0.25, 0.3) is 0 Å². The molecule has 1 aliphatic rings. The maximum atomic E-state index is 12.4. The van der Waals surface area contributed by atoms with Crippen molar-refractivity contribution >= 4 is 5.97 Å². The smallest absolute Gasteiger partial charge is 0.338 e. The fraction of sp³-hybridized carbons (Fsp3) is 0.381. The molecule has 0 spiro atoms. The Bertz CT molecular complexity index is 621. The monoisotopic (exact) mass is 323 g/mol. The first-order valence-electron chi connectivity index (χ1n) is 8.86. The van der Waals surface area contributed by atoms with Crippen molar-refractivity contribution in [2.24, 2.45) is 0 Å². The summed E-state index contributed by atoms with van der Waals surface area (Å²) in [6, 6.07) is 19.3. The highest BCUT2D eigenvalue weighted by atomic mass is 16.5. The summed E-state index contributed by atoms with van der Waals surface area (Å²) in [5, 5.41) is 0. The number of benzene rings is 2. The predicted molar refractivity (Wildman–Crippen MR) is 95.9 cm³/mol. The van der Waals surface area contributed by atoms with E-state index in [0.717, 1.165) is 31.6 Å². The third kappa shape index (κ3) is 4.68. The van der Waals surface area contributed by atoms with Crippen LogP contribution in [-0.2, 0) is 4.74 Å². The first-order valence-corrected chi connectivity index (χ1v) is 8.86. The average Bonchev–Trinajstić information content (AvgIpc) is 2.67. The summed E-state index contributed by atoms with van der Waals surface area (Å²) in [4.78, 5) is 14.9. The number of carbonyl (C=O) groups excluding carboxylic acids is 1. The Morgan fingerprint density at radius 3 is 2.21 bits per heavy atom. The van der Waals surface area contributed by atoms with Crippen molar-refractivity contribution < 1.29 is 9.53 Å². The van der Waals surface area contributed by atoms with Crippen LogP contribution in [0, 0.1) is 0 Å². The Kier molecular flexibility index (Phi) is 6.02. The Morgan fingerprint density at radius 2 is 1.54 bits per heavy atom. The molecule has 1 atom stereocenters. The van der Waals surface area contributed by atoms with Gasteiger partial charge in [-0.15, -0.1) is 0 Å². The van der Waals surface area contributed by atoms with Gasteiger partial charge in [0, 0.05) is 13.0 Å². The molecule has 24 heavy (non-hydrogen) atoms. The van der Waals surface area contributed by atoms with Crippen LogP contribution in [0.3, 0.4) is 0 Å². The van der Waals surface area contributed by atoms with E-state index in [9.17, 15) is 4.79 Å². The van der Waals surface area contributed by atoms with Crippen LogP contribution in [0.5, 0.6) is 0 Å². The lowest BCUT2D eigenvalue weighted by Gasteiger charge is -2.28. The fourth-order valence-electron chi connectivity index (χ4n) is 3.22. The zero-order chi connectivity index (χ0) is 16.6. The van der Waals surface area contributed by atoms with E-state index in [1.807, 2.05) is 48.5 Å². The van der Waals surface area contributed by atoms with Gasteiger partial charge < -0.3 is 9.64 Å². The molecule has 3 nitrogen and oxygen atoms in total. The van der Waals surface area contributed by atoms with Crippen molar-refractivity contribution in [3.8, 4) is 0 Å². The molecule has 0 unspecified atom stereocenters. The molecular weight excluding hydrogens is 298 g/mol. The molecule has 1 fully saturated rings. The number of esters is 1. The summed E-state index contributed by atoms with van der Waals surface area (Å²) in [5.74, 6) is -0.247. The highest BCUT2D eigenvalue weighted by molar-refractivity contribution is 5.89. The number of carbonyl (C=O) groups is 1. The second-order valence-corrected chi connectivity index (χ2v) is 6.36. The van der Waals surface area contributed by atoms with E-state index >= 15 is 0 Å². The molecule has 0 aromatic heterocycles. The molecule has 0 bridgehead atoms. The maximum absolute atomic E-state index is 12.4. The molecule has 1 heterocycles. The van der Waals surface area contributed by atoms with Gasteiger partial charge >= 0.3 is 5.97 Å². The zero-order valence-electron chi connectivity index (χ0n) is 14.1. The topological polar surface area (TPSA) is 29.5 Å². The van der Waals surface area contributed by atoms with Gasteiger partial charge in [-0.3, -0.25) is 0 Å². The van der Waals surface area contributed by atoms with Gasteiger partial charge in [0.15, 0.2) is 0 Å². The number of rotatable bonds is 6. The molecule has 3 rings (SSSR count). The summed E-state index contributed by atoms with van der Waals surface area (Å²) in [7, 11) is 0. The molecule has 0 saturated carbocycles. The molecule has 0 amide bonds. The van der Waals surface area contributed by atoms with Crippen LogP contribution in [0.1, 0.15) is 47.7 Å². The van der Waals surface area contributed by atoms with E-state index < -0.39 is 0 Å². The molecular formula is C21H25NO2. The van der Waals surface area contributed by atoms with Crippen LogP contribution in [0.15, 0.2) is 60.7 Å². The third-order valence-corrected chi connectivity index (χ3v) is 4.59. The van der Waals surface area contributed by atoms with Gasteiger partial charge in [0.2, 0.25) is 0 Å². The average molecular weight is 323 g/mol. The summed E-state index contributed by atoms with van der Waals surface area (Å²) in [6.07, 6.45) is 4.53. The lowest BCUT2D eigenvalue weighted by molar-refractivity contribution is 0.0246. The molecule has 0 radical (unpaired) electrons. The minimum Gasteiger partial charge on any atom is -0.454 e. The van der Waals surface area contributed by atoms with Crippen LogP contribution < -0.4 is 0 Å². The Morgan fingerprint density at radius 1 is 0.917 bits per heavy atom. The van der Waals surface area contributed by atoms with Crippen LogP contribution in [0.4, 0.5) is 0 Å². The SMILES string of the molecule is O=C(O[C@@H](CCN1CCCCC1)c1ccccc1)c1ccccc1. The van der Waals surface area contributed by atoms with E-state index in [2.05, 4.69) is 4.90 Å². The summed E-state index contributed by atoms with van der Waals surface area (Å²) < 4.78 is 5.85. The molecule has 0 N–H and O–H groups in total. The first kappa shape index (κ1) is 16.7. The lowest BCUT2D eigenvalue weighted by Crippen LogP contribution is -2.31. The third-order valence-electron chi connectivity index (χ3n) is 4.59. The molecule has 126 valence electrons. The number of likely N-dealkylation sites (tertiary alicyclic amines) is 1.